The van der Waals surface area contributed by atoms with Crippen LogP contribution in [0.15, 0.2) is 33.6 Å². The number of aromatic nitrogens is 1. The standard InChI is InChI=1S/C9H5ClFNO2/c10-5-1-2-6(7(11)3-5)8-4-9(13)14-12-8/h1-4,12H. The summed E-state index contributed by atoms with van der Waals surface area (Å²) in [6, 6.07) is 5.35. The summed E-state index contributed by atoms with van der Waals surface area (Å²) in [5, 5.41) is 2.61. The lowest BCUT2D eigenvalue weighted by molar-refractivity contribution is 0.393. The maximum absolute atomic E-state index is 13.3. The number of rotatable bonds is 1. The van der Waals surface area contributed by atoms with Crippen LogP contribution in [0, 0.1) is 5.82 Å². The Labute approximate surface area is 83.1 Å². The lowest BCUT2D eigenvalue weighted by Crippen LogP contribution is -1.87. The van der Waals surface area contributed by atoms with E-state index in [0.29, 0.717) is 10.7 Å². The van der Waals surface area contributed by atoms with E-state index in [0.717, 1.165) is 0 Å². The second kappa shape index (κ2) is 3.31. The van der Waals surface area contributed by atoms with Crippen molar-refractivity contribution in [3.8, 4) is 11.3 Å². The molecule has 72 valence electrons. The van der Waals surface area contributed by atoms with Crippen molar-refractivity contribution in [2.24, 2.45) is 0 Å². The Balaban J connectivity index is 2.57. The molecule has 1 N–H and O–H groups in total. The molecule has 0 aliphatic rings. The number of H-pyrrole nitrogens is 1. The van der Waals surface area contributed by atoms with E-state index in [2.05, 4.69) is 9.68 Å². The maximum Gasteiger partial charge on any atom is 0.357 e. The van der Waals surface area contributed by atoms with Crippen LogP contribution >= 0.6 is 11.6 Å². The zero-order chi connectivity index (χ0) is 10.1. The Morgan fingerprint density at radius 1 is 1.36 bits per heavy atom. The fraction of sp³-hybridized carbons (Fsp3) is 0. The van der Waals surface area contributed by atoms with Gasteiger partial charge >= 0.3 is 5.63 Å². The lowest BCUT2D eigenvalue weighted by atomic mass is 10.1. The van der Waals surface area contributed by atoms with Gasteiger partial charge in [0, 0.05) is 10.6 Å². The van der Waals surface area contributed by atoms with Crippen LogP contribution < -0.4 is 5.63 Å². The van der Waals surface area contributed by atoms with E-state index in [1.807, 2.05) is 0 Å². The second-order valence-corrected chi connectivity index (χ2v) is 3.14. The molecule has 1 aromatic heterocycles. The van der Waals surface area contributed by atoms with Crippen LogP contribution in [-0.4, -0.2) is 5.16 Å². The van der Waals surface area contributed by atoms with Crippen LogP contribution in [0.5, 0.6) is 0 Å². The van der Waals surface area contributed by atoms with Crippen molar-refractivity contribution < 1.29 is 8.91 Å². The van der Waals surface area contributed by atoms with Gasteiger partial charge in [-0.1, -0.05) is 11.6 Å². The smallest absolute Gasteiger partial charge is 0.339 e. The van der Waals surface area contributed by atoms with Crippen molar-refractivity contribution in [2.75, 3.05) is 0 Å². The van der Waals surface area contributed by atoms with Gasteiger partial charge in [0.15, 0.2) is 0 Å². The van der Waals surface area contributed by atoms with E-state index >= 15 is 0 Å². The van der Waals surface area contributed by atoms with Crippen molar-refractivity contribution in [1.82, 2.24) is 5.16 Å². The first-order valence-corrected chi connectivity index (χ1v) is 4.18. The molecule has 1 aromatic carbocycles. The number of hydrogen-bond donors (Lipinski definition) is 1. The number of nitrogens with one attached hydrogen (secondary N) is 1. The Bertz CT molecular complexity index is 518. The molecule has 0 aliphatic heterocycles. The van der Waals surface area contributed by atoms with Crippen molar-refractivity contribution in [1.29, 1.82) is 0 Å². The van der Waals surface area contributed by atoms with Gasteiger partial charge in [-0.15, -0.1) is 0 Å². The van der Waals surface area contributed by atoms with Crippen molar-refractivity contribution >= 4 is 11.6 Å². The number of aromatic amines is 1. The topological polar surface area (TPSA) is 46.0 Å². The summed E-state index contributed by atoms with van der Waals surface area (Å²) in [7, 11) is 0. The molecule has 0 radical (unpaired) electrons. The predicted octanol–water partition coefficient (Wildman–Crippen LogP) is 2.43. The van der Waals surface area contributed by atoms with Gasteiger partial charge in [-0.2, -0.15) is 0 Å². The molecule has 0 aliphatic carbocycles. The van der Waals surface area contributed by atoms with Gasteiger partial charge in [-0.3, -0.25) is 0 Å². The summed E-state index contributed by atoms with van der Waals surface area (Å²) in [5.41, 5.74) is -0.00114. The molecule has 2 rings (SSSR count). The third-order valence-electron chi connectivity index (χ3n) is 1.75. The minimum Gasteiger partial charge on any atom is -0.339 e. The maximum atomic E-state index is 13.3. The Morgan fingerprint density at radius 2 is 2.14 bits per heavy atom. The molecule has 14 heavy (non-hydrogen) atoms. The first-order valence-electron chi connectivity index (χ1n) is 3.81. The van der Waals surface area contributed by atoms with E-state index in [-0.39, 0.29) is 5.56 Å². The first-order chi connectivity index (χ1) is 6.66. The number of halogens is 2. The minimum atomic E-state index is -0.547. The molecule has 0 fully saturated rings. The summed E-state index contributed by atoms with van der Waals surface area (Å²) < 4.78 is 17.7. The molecule has 0 amide bonds. The van der Waals surface area contributed by atoms with Crippen LogP contribution in [-0.2, 0) is 0 Å². The molecule has 0 bridgehead atoms. The molecule has 0 atom stereocenters. The van der Waals surface area contributed by atoms with E-state index in [4.69, 9.17) is 11.6 Å². The summed E-state index contributed by atoms with van der Waals surface area (Å²) >= 11 is 5.57. The predicted molar refractivity (Wildman–Crippen MR) is 49.7 cm³/mol. The molecular formula is C9H5ClFNO2. The third-order valence-corrected chi connectivity index (χ3v) is 1.98. The fourth-order valence-corrected chi connectivity index (χ4v) is 1.28. The van der Waals surface area contributed by atoms with E-state index in [1.54, 1.807) is 0 Å². The lowest BCUT2D eigenvalue weighted by Gasteiger charge is -1.98. The quantitative estimate of drug-likeness (QED) is 0.791. The first kappa shape index (κ1) is 9.02. The van der Waals surface area contributed by atoms with Crippen LogP contribution in [0.2, 0.25) is 5.02 Å². The molecular weight excluding hydrogens is 209 g/mol. The molecule has 5 heteroatoms. The summed E-state index contributed by atoms with van der Waals surface area (Å²) in [6.07, 6.45) is 0. The molecule has 2 aromatic rings. The van der Waals surface area contributed by atoms with Crippen LogP contribution in [0.3, 0.4) is 0 Å². The highest BCUT2D eigenvalue weighted by molar-refractivity contribution is 6.30. The van der Waals surface area contributed by atoms with Gasteiger partial charge < -0.3 is 4.52 Å². The van der Waals surface area contributed by atoms with Crippen molar-refractivity contribution in [2.45, 2.75) is 0 Å². The third kappa shape index (κ3) is 1.56. The highest BCUT2D eigenvalue weighted by Crippen LogP contribution is 2.22. The largest absolute Gasteiger partial charge is 0.357 e. The van der Waals surface area contributed by atoms with Gasteiger partial charge in [0.05, 0.1) is 11.8 Å². The van der Waals surface area contributed by atoms with Gasteiger partial charge in [0.1, 0.15) is 5.82 Å². The molecule has 0 spiro atoms. The van der Waals surface area contributed by atoms with E-state index in [9.17, 15) is 9.18 Å². The van der Waals surface area contributed by atoms with Gasteiger partial charge in [0.2, 0.25) is 0 Å². The summed E-state index contributed by atoms with van der Waals surface area (Å²) in [4.78, 5) is 10.7. The van der Waals surface area contributed by atoms with Crippen LogP contribution in [0.1, 0.15) is 0 Å². The van der Waals surface area contributed by atoms with Gasteiger partial charge in [0.25, 0.3) is 0 Å². The zero-order valence-electron chi connectivity index (χ0n) is 6.88. The van der Waals surface area contributed by atoms with Crippen molar-refractivity contribution in [3.05, 3.63) is 45.5 Å². The SMILES string of the molecule is O=c1cc(-c2ccc(Cl)cc2F)[nH]o1. The Kier molecular flexibility index (Phi) is 2.13. The number of benzene rings is 1. The monoisotopic (exact) mass is 213 g/mol. The van der Waals surface area contributed by atoms with Crippen LogP contribution in [0.4, 0.5) is 4.39 Å². The summed E-state index contributed by atoms with van der Waals surface area (Å²) in [5.74, 6) is -0.505. The van der Waals surface area contributed by atoms with Gasteiger partial charge in [-0.05, 0) is 18.2 Å². The molecule has 1 heterocycles. The van der Waals surface area contributed by atoms with Crippen molar-refractivity contribution in [3.63, 3.8) is 0 Å². The number of hydrogen-bond acceptors (Lipinski definition) is 2. The zero-order valence-corrected chi connectivity index (χ0v) is 7.64. The minimum absolute atomic E-state index is 0.250. The Hall–Kier alpha value is -1.55. The molecule has 3 nitrogen and oxygen atoms in total. The fourth-order valence-electron chi connectivity index (χ4n) is 1.12. The van der Waals surface area contributed by atoms with E-state index in [1.165, 1.54) is 24.3 Å². The highest BCUT2D eigenvalue weighted by atomic mass is 35.5. The highest BCUT2D eigenvalue weighted by Gasteiger charge is 2.08. The van der Waals surface area contributed by atoms with E-state index < -0.39 is 11.4 Å². The molecule has 0 unspecified atom stereocenters. The average Bonchev–Trinajstić information content (AvgIpc) is 2.51. The van der Waals surface area contributed by atoms with Crippen LogP contribution in [0.25, 0.3) is 11.3 Å². The molecule has 0 saturated carbocycles. The summed E-state index contributed by atoms with van der Waals surface area (Å²) in [6.45, 7) is 0. The van der Waals surface area contributed by atoms with Gasteiger partial charge in [-0.25, -0.2) is 14.3 Å². The second-order valence-electron chi connectivity index (χ2n) is 2.71. The normalized spacial score (nSPS) is 10.4. The molecule has 0 saturated heterocycles. The average molecular weight is 214 g/mol. The Morgan fingerprint density at radius 3 is 2.71 bits per heavy atom.